The van der Waals surface area contributed by atoms with Gasteiger partial charge in [0, 0.05) is 29.2 Å². The van der Waals surface area contributed by atoms with Gasteiger partial charge in [-0.15, -0.1) is 0 Å². The second kappa shape index (κ2) is 7.64. The molecular weight excluding hydrogens is 359 g/mol. The molecule has 3 aromatic rings. The fourth-order valence-corrected chi connectivity index (χ4v) is 4.13. The lowest BCUT2D eigenvalue weighted by Crippen LogP contribution is -2.48. The number of halogens is 1. The first-order valence-electron chi connectivity index (χ1n) is 9.52. The summed E-state index contributed by atoms with van der Waals surface area (Å²) < 4.78 is 19.3. The second-order valence-corrected chi connectivity index (χ2v) is 7.71. The van der Waals surface area contributed by atoms with Gasteiger partial charge in [0.15, 0.2) is 0 Å². The first-order valence-corrected chi connectivity index (χ1v) is 9.52. The van der Waals surface area contributed by atoms with Crippen molar-refractivity contribution in [1.82, 2.24) is 9.88 Å². The summed E-state index contributed by atoms with van der Waals surface area (Å²) in [7, 11) is 0. The Balaban J connectivity index is 1.52. The van der Waals surface area contributed by atoms with Crippen LogP contribution in [0.3, 0.4) is 0 Å². The molecule has 1 aromatic heterocycles. The third-order valence-electron chi connectivity index (χ3n) is 5.49. The molecule has 1 aliphatic heterocycles. The number of aromatic amines is 1. The smallest absolute Gasteiger partial charge is 0.208 e. The SMILES string of the molecule is CC1CC(C(O)(O)c2c[nH]c3cc(F)ccc23)N(COCc2ccccc2)C1. The van der Waals surface area contributed by atoms with Crippen molar-refractivity contribution >= 4 is 10.9 Å². The van der Waals surface area contributed by atoms with Crippen LogP contribution in [0.4, 0.5) is 4.39 Å². The van der Waals surface area contributed by atoms with Crippen LogP contribution in [0.2, 0.25) is 0 Å². The van der Waals surface area contributed by atoms with Crippen molar-refractivity contribution in [2.45, 2.75) is 31.8 Å². The number of aliphatic hydroxyl groups is 2. The van der Waals surface area contributed by atoms with Crippen molar-refractivity contribution < 1.29 is 19.3 Å². The van der Waals surface area contributed by atoms with Gasteiger partial charge in [-0.1, -0.05) is 37.3 Å². The molecule has 1 fully saturated rings. The molecule has 28 heavy (non-hydrogen) atoms. The molecule has 148 valence electrons. The first-order chi connectivity index (χ1) is 13.4. The van der Waals surface area contributed by atoms with Crippen LogP contribution in [0.25, 0.3) is 10.9 Å². The van der Waals surface area contributed by atoms with Crippen LogP contribution in [0, 0.1) is 11.7 Å². The molecule has 0 bridgehead atoms. The van der Waals surface area contributed by atoms with Crippen molar-refractivity contribution in [3.63, 3.8) is 0 Å². The number of nitrogens with zero attached hydrogens (tertiary/aromatic N) is 1. The highest BCUT2D eigenvalue weighted by molar-refractivity contribution is 5.84. The van der Waals surface area contributed by atoms with Crippen LogP contribution >= 0.6 is 0 Å². The molecule has 4 rings (SSSR count). The van der Waals surface area contributed by atoms with Crippen LogP contribution in [0.15, 0.2) is 54.7 Å². The average molecular weight is 384 g/mol. The van der Waals surface area contributed by atoms with Gasteiger partial charge in [-0.05, 0) is 36.1 Å². The Morgan fingerprint density at radius 2 is 2.00 bits per heavy atom. The van der Waals surface area contributed by atoms with Crippen molar-refractivity contribution in [3.8, 4) is 0 Å². The number of hydrogen-bond acceptors (Lipinski definition) is 4. The summed E-state index contributed by atoms with van der Waals surface area (Å²) in [5.74, 6) is -2.13. The molecule has 0 spiro atoms. The van der Waals surface area contributed by atoms with Crippen LogP contribution in [-0.4, -0.2) is 39.4 Å². The highest BCUT2D eigenvalue weighted by Crippen LogP contribution is 2.38. The topological polar surface area (TPSA) is 68.7 Å². The van der Waals surface area contributed by atoms with E-state index in [-0.39, 0.29) is 5.82 Å². The number of nitrogens with one attached hydrogen (secondary N) is 1. The molecule has 2 atom stereocenters. The minimum Gasteiger partial charge on any atom is -0.361 e. The first kappa shape index (κ1) is 19.1. The minimum absolute atomic E-state index is 0.309. The molecule has 0 saturated carbocycles. The van der Waals surface area contributed by atoms with Crippen molar-refractivity contribution in [2.24, 2.45) is 5.92 Å². The summed E-state index contributed by atoms with van der Waals surface area (Å²) in [6, 6.07) is 13.6. The zero-order valence-corrected chi connectivity index (χ0v) is 15.8. The maximum absolute atomic E-state index is 13.5. The van der Waals surface area contributed by atoms with Gasteiger partial charge in [0.2, 0.25) is 5.79 Å². The lowest BCUT2D eigenvalue weighted by atomic mass is 9.94. The van der Waals surface area contributed by atoms with E-state index in [2.05, 4.69) is 11.9 Å². The Hall–Kier alpha value is -2.25. The number of aromatic nitrogens is 1. The molecule has 2 aromatic carbocycles. The zero-order valence-electron chi connectivity index (χ0n) is 15.8. The summed E-state index contributed by atoms with van der Waals surface area (Å²) in [6.07, 6.45) is 2.19. The minimum atomic E-state index is -2.07. The number of ether oxygens (including phenoxy) is 1. The maximum Gasteiger partial charge on any atom is 0.208 e. The number of rotatable bonds is 6. The van der Waals surface area contributed by atoms with Gasteiger partial charge < -0.3 is 19.9 Å². The van der Waals surface area contributed by atoms with Crippen LogP contribution in [0.5, 0.6) is 0 Å². The summed E-state index contributed by atoms with van der Waals surface area (Å²) >= 11 is 0. The van der Waals surface area contributed by atoms with Crippen molar-refractivity contribution in [3.05, 3.63) is 71.7 Å². The van der Waals surface area contributed by atoms with E-state index >= 15 is 0 Å². The van der Waals surface area contributed by atoms with Gasteiger partial charge in [-0.3, -0.25) is 4.90 Å². The van der Waals surface area contributed by atoms with Crippen molar-refractivity contribution in [1.29, 1.82) is 0 Å². The summed E-state index contributed by atoms with van der Waals surface area (Å²) in [5.41, 5.74) is 1.97. The molecule has 1 saturated heterocycles. The van der Waals surface area contributed by atoms with Crippen LogP contribution in [-0.2, 0) is 17.1 Å². The molecule has 2 unspecified atom stereocenters. The Morgan fingerprint density at radius 1 is 1.21 bits per heavy atom. The van der Waals surface area contributed by atoms with Crippen LogP contribution in [0.1, 0.15) is 24.5 Å². The van der Waals surface area contributed by atoms with Crippen molar-refractivity contribution in [2.75, 3.05) is 13.3 Å². The number of likely N-dealkylation sites (tertiary alicyclic amines) is 1. The lowest BCUT2D eigenvalue weighted by Gasteiger charge is -2.34. The fraction of sp³-hybridized carbons (Fsp3) is 0.364. The summed E-state index contributed by atoms with van der Waals surface area (Å²) in [4.78, 5) is 4.91. The molecule has 5 nitrogen and oxygen atoms in total. The van der Waals surface area contributed by atoms with Gasteiger partial charge in [-0.25, -0.2) is 4.39 Å². The molecule has 3 N–H and O–H groups in total. The number of H-pyrrole nitrogens is 1. The van der Waals surface area contributed by atoms with E-state index in [9.17, 15) is 14.6 Å². The highest BCUT2D eigenvalue weighted by atomic mass is 19.1. The van der Waals surface area contributed by atoms with Gasteiger partial charge in [0.25, 0.3) is 0 Å². The summed E-state index contributed by atoms with van der Waals surface area (Å²) in [5, 5.41) is 22.8. The molecular formula is C22H25FN2O3. The fourth-order valence-electron chi connectivity index (χ4n) is 4.13. The normalized spacial score (nSPS) is 20.9. The zero-order chi connectivity index (χ0) is 19.7. The third-order valence-corrected chi connectivity index (χ3v) is 5.49. The molecule has 6 heteroatoms. The predicted molar refractivity (Wildman–Crippen MR) is 105 cm³/mol. The Kier molecular flexibility index (Phi) is 5.21. The average Bonchev–Trinajstić information content (AvgIpc) is 3.26. The second-order valence-electron chi connectivity index (χ2n) is 7.71. The van der Waals surface area contributed by atoms with Gasteiger partial charge in [0.05, 0.1) is 19.4 Å². The van der Waals surface area contributed by atoms with E-state index in [1.807, 2.05) is 35.2 Å². The molecule has 0 radical (unpaired) electrons. The molecule has 0 amide bonds. The quantitative estimate of drug-likeness (QED) is 0.570. The Labute approximate surface area is 163 Å². The number of benzene rings is 2. The largest absolute Gasteiger partial charge is 0.361 e. The van der Waals surface area contributed by atoms with E-state index in [4.69, 9.17) is 4.74 Å². The lowest BCUT2D eigenvalue weighted by molar-refractivity contribution is -0.217. The number of fused-ring (bicyclic) bond motifs is 1. The van der Waals surface area contributed by atoms with E-state index < -0.39 is 11.8 Å². The van der Waals surface area contributed by atoms with Gasteiger partial charge >= 0.3 is 0 Å². The maximum atomic E-state index is 13.5. The molecule has 2 heterocycles. The van der Waals surface area contributed by atoms with E-state index in [1.54, 1.807) is 12.3 Å². The molecule has 1 aliphatic rings. The van der Waals surface area contributed by atoms with Crippen LogP contribution < -0.4 is 0 Å². The van der Waals surface area contributed by atoms with E-state index in [0.717, 1.165) is 12.1 Å². The highest BCUT2D eigenvalue weighted by Gasteiger charge is 2.46. The van der Waals surface area contributed by atoms with E-state index in [1.165, 1.54) is 12.1 Å². The van der Waals surface area contributed by atoms with Gasteiger partial charge in [0.1, 0.15) is 5.82 Å². The monoisotopic (exact) mass is 384 g/mol. The third kappa shape index (κ3) is 3.69. The summed E-state index contributed by atoms with van der Waals surface area (Å²) in [6.45, 7) is 3.59. The van der Waals surface area contributed by atoms with E-state index in [0.29, 0.717) is 42.1 Å². The molecule has 0 aliphatic carbocycles. The Morgan fingerprint density at radius 3 is 2.79 bits per heavy atom. The predicted octanol–water partition coefficient (Wildman–Crippen LogP) is 3.33. The number of hydrogen-bond donors (Lipinski definition) is 3. The standard InChI is InChI=1S/C22H25FN2O3/c1-15-9-21(25(12-15)14-28-13-16-5-3-2-4-6-16)22(26,27)19-11-24-20-10-17(23)7-8-18(19)20/h2-8,10-11,15,21,24,26-27H,9,12-14H2,1H3. The van der Waals surface area contributed by atoms with Gasteiger partial charge in [-0.2, -0.15) is 0 Å². The Bertz CT molecular complexity index is 941.